The zero-order valence-electron chi connectivity index (χ0n) is 7.66. The third kappa shape index (κ3) is 2.62. The second-order valence-corrected chi connectivity index (χ2v) is 2.90. The molecule has 68 valence electrons. The Morgan fingerprint density at radius 2 is 2.25 bits per heavy atom. The van der Waals surface area contributed by atoms with Gasteiger partial charge in [0, 0.05) is 0 Å². The summed E-state index contributed by atoms with van der Waals surface area (Å²) in [7, 11) is 0. The zero-order valence-corrected chi connectivity index (χ0v) is 7.66. The van der Waals surface area contributed by atoms with Gasteiger partial charge in [-0.3, -0.25) is 4.79 Å². The molecular formula is C10H16O2. The number of carbonyl (C=O) groups is 1. The Bertz CT molecular complexity index is 184. The molecule has 2 nitrogen and oxygen atoms in total. The van der Waals surface area contributed by atoms with Crippen LogP contribution < -0.4 is 0 Å². The SMILES string of the molecule is C=CC(O)(/C=C/C=O)C(C)CC. The van der Waals surface area contributed by atoms with Gasteiger partial charge in [-0.25, -0.2) is 0 Å². The van der Waals surface area contributed by atoms with Gasteiger partial charge in [0.1, 0.15) is 11.9 Å². The van der Waals surface area contributed by atoms with Gasteiger partial charge in [-0.1, -0.05) is 32.9 Å². The van der Waals surface area contributed by atoms with Crippen molar-refractivity contribution in [2.24, 2.45) is 5.92 Å². The van der Waals surface area contributed by atoms with E-state index in [4.69, 9.17) is 0 Å². The van der Waals surface area contributed by atoms with E-state index in [0.29, 0.717) is 6.29 Å². The van der Waals surface area contributed by atoms with Crippen molar-refractivity contribution in [2.45, 2.75) is 25.9 Å². The highest BCUT2D eigenvalue weighted by Gasteiger charge is 2.25. The lowest BCUT2D eigenvalue weighted by molar-refractivity contribution is -0.104. The minimum atomic E-state index is -1.05. The lowest BCUT2D eigenvalue weighted by Gasteiger charge is -2.26. The number of hydrogen-bond acceptors (Lipinski definition) is 2. The molecule has 1 N–H and O–H groups in total. The van der Waals surface area contributed by atoms with E-state index < -0.39 is 5.60 Å². The quantitative estimate of drug-likeness (QED) is 0.385. The van der Waals surface area contributed by atoms with Gasteiger partial charge < -0.3 is 5.11 Å². The summed E-state index contributed by atoms with van der Waals surface area (Å²) >= 11 is 0. The average molecular weight is 168 g/mol. The molecule has 12 heavy (non-hydrogen) atoms. The van der Waals surface area contributed by atoms with Crippen LogP contribution in [0.25, 0.3) is 0 Å². The number of rotatable bonds is 5. The first-order valence-electron chi connectivity index (χ1n) is 4.09. The molecule has 0 heterocycles. The average Bonchev–Trinajstić information content (AvgIpc) is 2.12. The summed E-state index contributed by atoms with van der Waals surface area (Å²) in [5.74, 6) is 0.0752. The van der Waals surface area contributed by atoms with Gasteiger partial charge in [-0.05, 0) is 18.1 Å². The molecule has 0 aromatic heterocycles. The van der Waals surface area contributed by atoms with E-state index in [2.05, 4.69) is 6.58 Å². The predicted molar refractivity (Wildman–Crippen MR) is 49.8 cm³/mol. The maximum absolute atomic E-state index is 10.0. The molecule has 0 saturated heterocycles. The van der Waals surface area contributed by atoms with E-state index in [1.807, 2.05) is 13.8 Å². The second-order valence-electron chi connectivity index (χ2n) is 2.90. The van der Waals surface area contributed by atoms with Crippen LogP contribution in [0.2, 0.25) is 0 Å². The predicted octanol–water partition coefficient (Wildman–Crippen LogP) is 1.70. The highest BCUT2D eigenvalue weighted by Crippen LogP contribution is 2.22. The van der Waals surface area contributed by atoms with E-state index >= 15 is 0 Å². The van der Waals surface area contributed by atoms with Crippen LogP contribution in [-0.4, -0.2) is 17.0 Å². The van der Waals surface area contributed by atoms with Crippen LogP contribution in [-0.2, 0) is 4.79 Å². The van der Waals surface area contributed by atoms with Gasteiger partial charge in [0.05, 0.1) is 0 Å². The minimum Gasteiger partial charge on any atom is -0.381 e. The molecule has 0 bridgehead atoms. The first-order valence-corrected chi connectivity index (χ1v) is 4.09. The summed E-state index contributed by atoms with van der Waals surface area (Å²) in [5.41, 5.74) is -1.05. The Balaban J connectivity index is 4.53. The number of aldehydes is 1. The fraction of sp³-hybridized carbons (Fsp3) is 0.500. The summed E-state index contributed by atoms with van der Waals surface area (Å²) in [6.07, 6.45) is 5.72. The van der Waals surface area contributed by atoms with Gasteiger partial charge in [-0.15, -0.1) is 0 Å². The zero-order chi connectivity index (χ0) is 9.61. The normalized spacial score (nSPS) is 18.6. The maximum Gasteiger partial charge on any atom is 0.142 e. The summed E-state index contributed by atoms with van der Waals surface area (Å²) in [5, 5.41) is 9.86. The largest absolute Gasteiger partial charge is 0.381 e. The molecule has 0 fully saturated rings. The third-order valence-electron chi connectivity index (χ3n) is 2.17. The summed E-state index contributed by atoms with van der Waals surface area (Å²) in [6.45, 7) is 7.43. The van der Waals surface area contributed by atoms with Gasteiger partial charge in [0.15, 0.2) is 0 Å². The lowest BCUT2D eigenvalue weighted by Crippen LogP contribution is -2.31. The Kier molecular flexibility index (Phi) is 4.52. The van der Waals surface area contributed by atoms with Crippen molar-refractivity contribution in [1.29, 1.82) is 0 Å². The van der Waals surface area contributed by atoms with Crippen molar-refractivity contribution in [3.8, 4) is 0 Å². The molecule has 0 amide bonds. The van der Waals surface area contributed by atoms with Gasteiger partial charge >= 0.3 is 0 Å². The monoisotopic (exact) mass is 168 g/mol. The van der Waals surface area contributed by atoms with E-state index in [1.54, 1.807) is 0 Å². The number of allylic oxidation sites excluding steroid dienone is 1. The molecule has 2 heteroatoms. The smallest absolute Gasteiger partial charge is 0.142 e. The van der Waals surface area contributed by atoms with Crippen LogP contribution in [0.4, 0.5) is 0 Å². The van der Waals surface area contributed by atoms with Crippen LogP contribution >= 0.6 is 0 Å². The Hall–Kier alpha value is -0.890. The van der Waals surface area contributed by atoms with Gasteiger partial charge in [0.2, 0.25) is 0 Å². The van der Waals surface area contributed by atoms with Crippen molar-refractivity contribution in [3.63, 3.8) is 0 Å². The molecule has 0 spiro atoms. The molecule has 0 radical (unpaired) electrons. The molecular weight excluding hydrogens is 152 g/mol. The molecule has 2 unspecified atom stereocenters. The number of aliphatic hydroxyl groups is 1. The molecule has 0 aromatic carbocycles. The van der Waals surface area contributed by atoms with Crippen molar-refractivity contribution in [2.75, 3.05) is 0 Å². The van der Waals surface area contributed by atoms with Crippen LogP contribution in [0, 0.1) is 5.92 Å². The first kappa shape index (κ1) is 11.1. The van der Waals surface area contributed by atoms with Gasteiger partial charge in [0.25, 0.3) is 0 Å². The third-order valence-corrected chi connectivity index (χ3v) is 2.17. The van der Waals surface area contributed by atoms with Crippen LogP contribution in [0.15, 0.2) is 24.8 Å². The molecule has 0 aliphatic rings. The lowest BCUT2D eigenvalue weighted by atomic mass is 9.87. The Morgan fingerprint density at radius 3 is 2.58 bits per heavy atom. The van der Waals surface area contributed by atoms with E-state index in [-0.39, 0.29) is 5.92 Å². The van der Waals surface area contributed by atoms with Crippen molar-refractivity contribution < 1.29 is 9.90 Å². The number of hydrogen-bond donors (Lipinski definition) is 1. The van der Waals surface area contributed by atoms with Crippen LogP contribution in [0.5, 0.6) is 0 Å². The van der Waals surface area contributed by atoms with Crippen molar-refractivity contribution >= 4 is 6.29 Å². The standard InChI is InChI=1S/C10H16O2/c1-4-9(3)10(12,5-2)7-6-8-11/h5-9,12H,2,4H2,1,3H3/b7-6+. The molecule has 0 rings (SSSR count). The van der Waals surface area contributed by atoms with Crippen molar-refractivity contribution in [3.05, 3.63) is 24.8 Å². The number of carbonyl (C=O) groups excluding carboxylic acids is 1. The van der Waals surface area contributed by atoms with Crippen LogP contribution in [0.1, 0.15) is 20.3 Å². The molecule has 0 aliphatic heterocycles. The minimum absolute atomic E-state index is 0.0752. The van der Waals surface area contributed by atoms with Crippen LogP contribution in [0.3, 0.4) is 0 Å². The summed E-state index contributed by atoms with van der Waals surface area (Å²) < 4.78 is 0. The Labute approximate surface area is 73.6 Å². The molecule has 0 aliphatic carbocycles. The maximum atomic E-state index is 10.0. The van der Waals surface area contributed by atoms with E-state index in [1.165, 1.54) is 18.2 Å². The topological polar surface area (TPSA) is 37.3 Å². The highest BCUT2D eigenvalue weighted by molar-refractivity contribution is 5.65. The second kappa shape index (κ2) is 4.88. The highest BCUT2D eigenvalue weighted by atomic mass is 16.3. The van der Waals surface area contributed by atoms with E-state index in [9.17, 15) is 9.90 Å². The first-order chi connectivity index (χ1) is 5.60. The molecule has 2 atom stereocenters. The molecule has 0 aromatic rings. The summed E-state index contributed by atoms with van der Waals surface area (Å²) in [4.78, 5) is 10.0. The fourth-order valence-electron chi connectivity index (χ4n) is 0.954. The fourth-order valence-corrected chi connectivity index (χ4v) is 0.954. The van der Waals surface area contributed by atoms with Crippen molar-refractivity contribution in [1.82, 2.24) is 0 Å². The summed E-state index contributed by atoms with van der Waals surface area (Å²) in [6, 6.07) is 0. The Morgan fingerprint density at radius 1 is 1.67 bits per heavy atom. The molecule has 0 saturated carbocycles. The van der Waals surface area contributed by atoms with E-state index in [0.717, 1.165) is 6.42 Å². The van der Waals surface area contributed by atoms with Gasteiger partial charge in [-0.2, -0.15) is 0 Å².